The van der Waals surface area contributed by atoms with E-state index in [1.807, 2.05) is 32.9 Å². The molecule has 2 aromatic heterocycles. The van der Waals surface area contributed by atoms with Gasteiger partial charge < -0.3 is 10.6 Å². The van der Waals surface area contributed by atoms with Crippen LogP contribution >= 0.6 is 0 Å². The summed E-state index contributed by atoms with van der Waals surface area (Å²) in [7, 11) is 0. The molecule has 1 aromatic carbocycles. The van der Waals surface area contributed by atoms with Gasteiger partial charge >= 0.3 is 0 Å². The molecule has 0 saturated heterocycles. The van der Waals surface area contributed by atoms with Crippen LogP contribution in [-0.2, 0) is 11.2 Å². The van der Waals surface area contributed by atoms with Gasteiger partial charge in [-0.2, -0.15) is 5.10 Å². The summed E-state index contributed by atoms with van der Waals surface area (Å²) in [4.78, 5) is 20.8. The molecule has 7 nitrogen and oxygen atoms in total. The minimum atomic E-state index is -0.371. The number of halogens is 1. The third kappa shape index (κ3) is 4.91. The maximum absolute atomic E-state index is 13.6. The summed E-state index contributed by atoms with van der Waals surface area (Å²) in [5.41, 5.74) is 2.29. The largest absolute Gasteiger partial charge is 0.368 e. The van der Waals surface area contributed by atoms with Crippen molar-refractivity contribution in [3.63, 3.8) is 0 Å². The van der Waals surface area contributed by atoms with E-state index < -0.39 is 0 Å². The fourth-order valence-electron chi connectivity index (χ4n) is 2.88. The number of anilines is 1. The Bertz CT molecular complexity index is 985. The van der Waals surface area contributed by atoms with Gasteiger partial charge in [-0.3, -0.25) is 4.79 Å². The molecule has 146 valence electrons. The number of benzene rings is 1. The van der Waals surface area contributed by atoms with E-state index in [4.69, 9.17) is 0 Å². The minimum absolute atomic E-state index is 0.0152. The molecule has 0 aliphatic carbocycles. The molecule has 28 heavy (non-hydrogen) atoms. The van der Waals surface area contributed by atoms with Crippen molar-refractivity contribution < 1.29 is 9.18 Å². The second-order valence-corrected chi connectivity index (χ2v) is 6.54. The van der Waals surface area contributed by atoms with Crippen LogP contribution in [0.1, 0.15) is 22.8 Å². The number of nitrogens with zero attached hydrogens (tertiary/aromatic N) is 4. The smallest absolute Gasteiger partial charge is 0.224 e. The monoisotopic (exact) mass is 382 g/mol. The first-order valence-corrected chi connectivity index (χ1v) is 9.05. The highest BCUT2D eigenvalue weighted by atomic mass is 19.1. The Morgan fingerprint density at radius 2 is 1.89 bits per heavy atom. The third-order valence-electron chi connectivity index (χ3n) is 4.11. The van der Waals surface area contributed by atoms with Crippen LogP contribution in [0.5, 0.6) is 0 Å². The van der Waals surface area contributed by atoms with Crippen molar-refractivity contribution in [1.29, 1.82) is 0 Å². The molecule has 0 fully saturated rings. The van der Waals surface area contributed by atoms with Crippen molar-refractivity contribution in [2.45, 2.75) is 27.2 Å². The van der Waals surface area contributed by atoms with Gasteiger partial charge in [-0.25, -0.2) is 19.0 Å². The lowest BCUT2D eigenvalue weighted by atomic mass is 10.1. The molecule has 3 aromatic rings. The Morgan fingerprint density at radius 1 is 1.11 bits per heavy atom. The second-order valence-electron chi connectivity index (χ2n) is 6.54. The second kappa shape index (κ2) is 8.60. The van der Waals surface area contributed by atoms with Crippen molar-refractivity contribution in [3.8, 4) is 5.82 Å². The molecule has 1 amide bonds. The van der Waals surface area contributed by atoms with Gasteiger partial charge in [0.1, 0.15) is 17.5 Å². The summed E-state index contributed by atoms with van der Waals surface area (Å²) in [6, 6.07) is 10.1. The van der Waals surface area contributed by atoms with Gasteiger partial charge in [0.15, 0.2) is 5.82 Å². The van der Waals surface area contributed by atoms with Crippen LogP contribution in [0.2, 0.25) is 0 Å². The lowest BCUT2D eigenvalue weighted by Crippen LogP contribution is -2.30. The predicted octanol–water partition coefficient (Wildman–Crippen LogP) is 2.50. The number of aryl methyl sites for hydroxylation is 3. The lowest BCUT2D eigenvalue weighted by Gasteiger charge is -2.10. The van der Waals surface area contributed by atoms with E-state index in [-0.39, 0.29) is 18.1 Å². The van der Waals surface area contributed by atoms with Crippen molar-refractivity contribution >= 4 is 11.7 Å². The number of carbonyl (C=O) groups excluding carboxylic acids is 1. The number of nitrogens with one attached hydrogen (secondary N) is 2. The lowest BCUT2D eigenvalue weighted by molar-refractivity contribution is -0.120. The van der Waals surface area contributed by atoms with Crippen molar-refractivity contribution in [3.05, 3.63) is 65.0 Å². The van der Waals surface area contributed by atoms with E-state index in [2.05, 4.69) is 25.7 Å². The first-order chi connectivity index (χ1) is 13.4. The van der Waals surface area contributed by atoms with Crippen molar-refractivity contribution in [2.75, 3.05) is 18.4 Å². The molecule has 0 atom stereocenters. The van der Waals surface area contributed by atoms with Crippen LogP contribution < -0.4 is 10.6 Å². The topological polar surface area (TPSA) is 84.7 Å². The molecular formula is C20H23FN6O. The quantitative estimate of drug-likeness (QED) is 0.614. The van der Waals surface area contributed by atoms with Crippen LogP contribution in [0, 0.1) is 26.6 Å². The molecule has 0 bridgehead atoms. The number of carbonyl (C=O) groups is 1. The summed E-state index contributed by atoms with van der Waals surface area (Å²) < 4.78 is 15.4. The van der Waals surface area contributed by atoms with E-state index in [1.165, 1.54) is 6.07 Å². The van der Waals surface area contributed by atoms with E-state index in [0.29, 0.717) is 36.1 Å². The molecule has 0 aliphatic heterocycles. The Morgan fingerprint density at radius 3 is 2.61 bits per heavy atom. The molecule has 8 heteroatoms. The first kappa shape index (κ1) is 19.5. The van der Waals surface area contributed by atoms with Crippen molar-refractivity contribution in [2.24, 2.45) is 0 Å². The Balaban J connectivity index is 1.54. The van der Waals surface area contributed by atoms with E-state index >= 15 is 0 Å². The number of aromatic nitrogens is 4. The highest BCUT2D eigenvalue weighted by molar-refractivity contribution is 5.78. The normalized spacial score (nSPS) is 10.7. The standard InChI is InChI=1S/C20H23FN6O/c1-13-10-14(2)27(26-13)19-12-18(24-15(3)25-19)22-8-9-23-20(28)11-16-6-4-5-7-17(16)21/h4-7,10,12H,8-9,11H2,1-3H3,(H,23,28)(H,22,24,25). The highest BCUT2D eigenvalue weighted by Crippen LogP contribution is 2.13. The number of hydrogen-bond donors (Lipinski definition) is 2. The van der Waals surface area contributed by atoms with Gasteiger partial charge in [0.05, 0.1) is 12.1 Å². The number of amides is 1. The molecule has 0 spiro atoms. The summed E-state index contributed by atoms with van der Waals surface area (Å²) in [5.74, 6) is 1.36. The van der Waals surface area contributed by atoms with Crippen LogP contribution in [0.4, 0.5) is 10.2 Å². The van der Waals surface area contributed by atoms with E-state index in [9.17, 15) is 9.18 Å². The molecule has 2 heterocycles. The van der Waals surface area contributed by atoms with E-state index in [1.54, 1.807) is 22.9 Å². The van der Waals surface area contributed by atoms with Gasteiger partial charge in [-0.15, -0.1) is 0 Å². The molecule has 0 radical (unpaired) electrons. The zero-order valence-electron chi connectivity index (χ0n) is 16.2. The molecule has 3 rings (SSSR count). The maximum Gasteiger partial charge on any atom is 0.224 e. The van der Waals surface area contributed by atoms with Crippen LogP contribution in [0.15, 0.2) is 36.4 Å². The molecule has 0 unspecified atom stereocenters. The molecule has 0 saturated carbocycles. The number of rotatable bonds is 7. The zero-order chi connectivity index (χ0) is 20.1. The van der Waals surface area contributed by atoms with Gasteiger partial charge in [-0.05, 0) is 38.5 Å². The van der Waals surface area contributed by atoms with Gasteiger partial charge in [0, 0.05) is 24.8 Å². The Labute approximate surface area is 163 Å². The highest BCUT2D eigenvalue weighted by Gasteiger charge is 2.09. The fraction of sp³-hybridized carbons (Fsp3) is 0.300. The fourth-order valence-corrected chi connectivity index (χ4v) is 2.88. The van der Waals surface area contributed by atoms with Crippen LogP contribution in [0.3, 0.4) is 0 Å². The molecule has 0 aliphatic rings. The molecular weight excluding hydrogens is 359 g/mol. The molecule has 2 N–H and O–H groups in total. The Kier molecular flexibility index (Phi) is 5.98. The Hall–Kier alpha value is -3.29. The van der Waals surface area contributed by atoms with Crippen LogP contribution in [0.25, 0.3) is 5.82 Å². The maximum atomic E-state index is 13.6. The minimum Gasteiger partial charge on any atom is -0.368 e. The van der Waals surface area contributed by atoms with E-state index in [0.717, 1.165) is 11.4 Å². The summed E-state index contributed by atoms with van der Waals surface area (Å²) in [6.45, 7) is 6.59. The summed E-state index contributed by atoms with van der Waals surface area (Å²) in [6.07, 6.45) is 0.0152. The third-order valence-corrected chi connectivity index (χ3v) is 4.11. The predicted molar refractivity (Wildman–Crippen MR) is 105 cm³/mol. The number of hydrogen-bond acceptors (Lipinski definition) is 5. The van der Waals surface area contributed by atoms with Gasteiger partial charge in [0.25, 0.3) is 0 Å². The van der Waals surface area contributed by atoms with Crippen LogP contribution in [-0.4, -0.2) is 38.7 Å². The zero-order valence-corrected chi connectivity index (χ0v) is 16.2. The SMILES string of the molecule is Cc1cc(C)n(-c2cc(NCCNC(=O)Cc3ccccc3F)nc(C)n2)n1. The van der Waals surface area contributed by atoms with Crippen molar-refractivity contribution in [1.82, 2.24) is 25.1 Å². The average molecular weight is 382 g/mol. The summed E-state index contributed by atoms with van der Waals surface area (Å²) in [5, 5.41) is 10.4. The first-order valence-electron chi connectivity index (χ1n) is 9.05. The average Bonchev–Trinajstić information content (AvgIpc) is 2.98. The van der Waals surface area contributed by atoms with Gasteiger partial charge in [-0.1, -0.05) is 18.2 Å². The summed E-state index contributed by atoms with van der Waals surface area (Å²) >= 11 is 0. The van der Waals surface area contributed by atoms with Gasteiger partial charge in [0.2, 0.25) is 5.91 Å².